The van der Waals surface area contributed by atoms with Gasteiger partial charge in [-0.3, -0.25) is 9.10 Å². The standard InChI is InChI=1S/C21H26Cl2N2O3S/c1-5-15-7-9-16(10-8-15)14(3)24-21(26)20(6-2)25(29(4,27)28)17-11-12-18(22)19(23)13-17/h7-14,20H,5-6H2,1-4H3,(H,24,26)/t14-,20-/m1/s1. The fraction of sp³-hybridized carbons (Fsp3) is 0.381. The van der Waals surface area contributed by atoms with Gasteiger partial charge >= 0.3 is 0 Å². The van der Waals surface area contributed by atoms with Crippen LogP contribution in [-0.4, -0.2) is 26.6 Å². The number of hydrogen-bond acceptors (Lipinski definition) is 3. The van der Waals surface area contributed by atoms with Gasteiger partial charge in [0.1, 0.15) is 6.04 Å². The Labute approximate surface area is 183 Å². The second-order valence-electron chi connectivity index (χ2n) is 6.91. The quantitative estimate of drug-likeness (QED) is 0.608. The molecule has 2 rings (SSSR count). The summed E-state index contributed by atoms with van der Waals surface area (Å²) in [7, 11) is -3.74. The number of sulfonamides is 1. The molecule has 1 amide bonds. The number of benzene rings is 2. The zero-order chi connectivity index (χ0) is 21.8. The van der Waals surface area contributed by atoms with E-state index in [0.717, 1.165) is 22.5 Å². The highest BCUT2D eigenvalue weighted by molar-refractivity contribution is 7.92. The van der Waals surface area contributed by atoms with E-state index in [0.29, 0.717) is 17.1 Å². The van der Waals surface area contributed by atoms with Crippen molar-refractivity contribution in [3.8, 4) is 0 Å². The maximum atomic E-state index is 13.0. The number of halogens is 2. The zero-order valence-electron chi connectivity index (χ0n) is 16.9. The van der Waals surface area contributed by atoms with Gasteiger partial charge in [0.05, 0.1) is 28.0 Å². The van der Waals surface area contributed by atoms with Crippen molar-refractivity contribution in [2.75, 3.05) is 10.6 Å². The van der Waals surface area contributed by atoms with Gasteiger partial charge in [-0.25, -0.2) is 8.42 Å². The topological polar surface area (TPSA) is 66.5 Å². The molecule has 1 N–H and O–H groups in total. The van der Waals surface area contributed by atoms with Crippen molar-refractivity contribution >= 4 is 44.8 Å². The van der Waals surface area contributed by atoms with E-state index in [4.69, 9.17) is 23.2 Å². The van der Waals surface area contributed by atoms with Gasteiger partial charge < -0.3 is 5.32 Å². The molecule has 0 aliphatic rings. The third-order valence-corrected chi connectivity index (χ3v) is 6.65. The van der Waals surface area contributed by atoms with Crippen LogP contribution in [0, 0.1) is 0 Å². The number of carbonyl (C=O) groups excluding carboxylic acids is 1. The SMILES string of the molecule is CCc1ccc([C@@H](C)NC(=O)[C@@H](CC)N(c2ccc(Cl)c(Cl)c2)S(C)(=O)=O)cc1. The summed E-state index contributed by atoms with van der Waals surface area (Å²) in [5.41, 5.74) is 2.45. The van der Waals surface area contributed by atoms with Crippen LogP contribution in [0.4, 0.5) is 5.69 Å². The minimum atomic E-state index is -3.74. The third kappa shape index (κ3) is 5.87. The van der Waals surface area contributed by atoms with Gasteiger partial charge in [0.25, 0.3) is 0 Å². The van der Waals surface area contributed by atoms with E-state index >= 15 is 0 Å². The molecule has 0 fully saturated rings. The lowest BCUT2D eigenvalue weighted by Gasteiger charge is -2.31. The predicted octanol–water partition coefficient (Wildman–Crippen LogP) is 4.98. The molecule has 0 spiro atoms. The van der Waals surface area contributed by atoms with Crippen molar-refractivity contribution in [3.05, 3.63) is 63.6 Å². The molecule has 2 aromatic rings. The van der Waals surface area contributed by atoms with Crippen LogP contribution in [0.2, 0.25) is 10.0 Å². The van der Waals surface area contributed by atoms with Gasteiger partial charge in [0.15, 0.2) is 0 Å². The summed E-state index contributed by atoms with van der Waals surface area (Å²) in [5, 5.41) is 3.46. The summed E-state index contributed by atoms with van der Waals surface area (Å²) in [5.74, 6) is -0.379. The summed E-state index contributed by atoms with van der Waals surface area (Å²) in [4.78, 5) is 13.0. The van der Waals surface area contributed by atoms with Gasteiger partial charge in [-0.05, 0) is 49.1 Å². The number of rotatable bonds is 8. The van der Waals surface area contributed by atoms with E-state index in [2.05, 4.69) is 12.2 Å². The van der Waals surface area contributed by atoms with Crippen LogP contribution >= 0.6 is 23.2 Å². The summed E-state index contributed by atoms with van der Waals surface area (Å²) < 4.78 is 26.2. The van der Waals surface area contributed by atoms with Crippen LogP contribution in [0.25, 0.3) is 0 Å². The fourth-order valence-electron chi connectivity index (χ4n) is 3.12. The number of nitrogens with one attached hydrogen (secondary N) is 1. The van der Waals surface area contributed by atoms with E-state index in [1.807, 2.05) is 31.2 Å². The molecule has 0 saturated carbocycles. The molecule has 0 aliphatic carbocycles. The van der Waals surface area contributed by atoms with Crippen LogP contribution in [0.5, 0.6) is 0 Å². The van der Waals surface area contributed by atoms with Crippen molar-refractivity contribution in [1.82, 2.24) is 5.32 Å². The molecule has 0 unspecified atom stereocenters. The molecule has 29 heavy (non-hydrogen) atoms. The largest absolute Gasteiger partial charge is 0.348 e. The number of amides is 1. The van der Waals surface area contributed by atoms with Crippen LogP contribution < -0.4 is 9.62 Å². The number of aryl methyl sites for hydroxylation is 1. The van der Waals surface area contributed by atoms with E-state index in [1.165, 1.54) is 23.8 Å². The molecule has 0 radical (unpaired) electrons. The second kappa shape index (κ2) is 9.83. The van der Waals surface area contributed by atoms with E-state index in [1.54, 1.807) is 6.92 Å². The number of nitrogens with zero attached hydrogens (tertiary/aromatic N) is 1. The van der Waals surface area contributed by atoms with E-state index in [-0.39, 0.29) is 17.0 Å². The molecule has 0 saturated heterocycles. The smallest absolute Gasteiger partial charge is 0.244 e. The Morgan fingerprint density at radius 3 is 2.17 bits per heavy atom. The Hall–Kier alpha value is -1.76. The fourth-order valence-corrected chi connectivity index (χ4v) is 4.61. The van der Waals surface area contributed by atoms with Gasteiger partial charge in [-0.1, -0.05) is 61.3 Å². The maximum absolute atomic E-state index is 13.0. The van der Waals surface area contributed by atoms with Gasteiger partial charge in [-0.2, -0.15) is 0 Å². The lowest BCUT2D eigenvalue weighted by molar-refractivity contribution is -0.122. The van der Waals surface area contributed by atoms with Crippen LogP contribution in [0.3, 0.4) is 0 Å². The number of hydrogen-bond donors (Lipinski definition) is 1. The Balaban J connectivity index is 2.30. The van der Waals surface area contributed by atoms with Crippen molar-refractivity contribution in [1.29, 1.82) is 0 Å². The second-order valence-corrected chi connectivity index (χ2v) is 9.58. The van der Waals surface area contributed by atoms with E-state index in [9.17, 15) is 13.2 Å². The highest BCUT2D eigenvalue weighted by Gasteiger charge is 2.32. The first-order valence-corrected chi connectivity index (χ1v) is 12.0. The van der Waals surface area contributed by atoms with Crippen LogP contribution in [-0.2, 0) is 21.2 Å². The van der Waals surface area contributed by atoms with Gasteiger partial charge in [0, 0.05) is 0 Å². The Morgan fingerprint density at radius 1 is 1.07 bits per heavy atom. The highest BCUT2D eigenvalue weighted by atomic mass is 35.5. The minimum Gasteiger partial charge on any atom is -0.348 e. The molecule has 0 heterocycles. The molecular formula is C21H26Cl2N2O3S. The average molecular weight is 457 g/mol. The lowest BCUT2D eigenvalue weighted by atomic mass is 10.0. The monoisotopic (exact) mass is 456 g/mol. The van der Waals surface area contributed by atoms with Crippen molar-refractivity contribution in [2.24, 2.45) is 0 Å². The summed E-state index contributed by atoms with van der Waals surface area (Å²) >= 11 is 12.0. The molecule has 0 aromatic heterocycles. The first-order chi connectivity index (χ1) is 13.6. The Bertz CT molecular complexity index is 962. The van der Waals surface area contributed by atoms with Crippen molar-refractivity contribution in [2.45, 2.75) is 45.7 Å². The van der Waals surface area contributed by atoms with Crippen molar-refractivity contribution < 1.29 is 13.2 Å². The highest BCUT2D eigenvalue weighted by Crippen LogP contribution is 2.30. The first kappa shape index (κ1) is 23.5. The zero-order valence-corrected chi connectivity index (χ0v) is 19.3. The number of anilines is 1. The molecule has 0 aliphatic heterocycles. The molecule has 0 bridgehead atoms. The average Bonchev–Trinajstić information content (AvgIpc) is 2.67. The summed E-state index contributed by atoms with van der Waals surface area (Å²) in [6.45, 7) is 5.71. The van der Waals surface area contributed by atoms with Crippen LogP contribution in [0.15, 0.2) is 42.5 Å². The molecule has 5 nitrogen and oxygen atoms in total. The Morgan fingerprint density at radius 2 is 1.69 bits per heavy atom. The molecule has 8 heteroatoms. The van der Waals surface area contributed by atoms with Crippen molar-refractivity contribution in [3.63, 3.8) is 0 Å². The minimum absolute atomic E-state index is 0.220. The van der Waals surface area contributed by atoms with Gasteiger partial charge in [0.2, 0.25) is 15.9 Å². The molecule has 2 atom stereocenters. The summed E-state index contributed by atoms with van der Waals surface area (Å²) in [6.07, 6.45) is 2.30. The molecular weight excluding hydrogens is 431 g/mol. The van der Waals surface area contributed by atoms with Gasteiger partial charge in [-0.15, -0.1) is 0 Å². The third-order valence-electron chi connectivity index (χ3n) is 4.73. The molecule has 2 aromatic carbocycles. The maximum Gasteiger partial charge on any atom is 0.244 e. The van der Waals surface area contributed by atoms with E-state index < -0.39 is 16.1 Å². The predicted molar refractivity (Wildman–Crippen MR) is 120 cm³/mol. The van der Waals surface area contributed by atoms with Crippen LogP contribution in [0.1, 0.15) is 44.4 Å². The summed E-state index contributed by atoms with van der Waals surface area (Å²) in [6, 6.07) is 11.3. The number of carbonyl (C=O) groups is 1. The lowest BCUT2D eigenvalue weighted by Crippen LogP contribution is -2.49. The first-order valence-electron chi connectivity index (χ1n) is 9.42. The molecule has 158 valence electrons. The Kier molecular flexibility index (Phi) is 7.97. The normalized spacial score (nSPS) is 13.6.